The van der Waals surface area contributed by atoms with Crippen molar-refractivity contribution in [3.05, 3.63) is 47.0 Å². The van der Waals surface area contributed by atoms with E-state index in [0.29, 0.717) is 30.5 Å². The second-order valence-electron chi connectivity index (χ2n) is 6.61. The van der Waals surface area contributed by atoms with Gasteiger partial charge in [0, 0.05) is 19.6 Å². The highest BCUT2D eigenvalue weighted by Crippen LogP contribution is 2.37. The molecular formula is C21H23N3O4S. The summed E-state index contributed by atoms with van der Waals surface area (Å²) in [4.78, 5) is 19.6. The van der Waals surface area contributed by atoms with Crippen molar-refractivity contribution >= 4 is 33.1 Å². The van der Waals surface area contributed by atoms with Crippen LogP contribution in [0.1, 0.15) is 15.4 Å². The second kappa shape index (κ2) is 8.67. The van der Waals surface area contributed by atoms with Gasteiger partial charge in [0.05, 0.1) is 37.8 Å². The number of ether oxygens (including phenoxy) is 3. The van der Waals surface area contributed by atoms with Gasteiger partial charge in [0.15, 0.2) is 5.01 Å². The zero-order valence-corrected chi connectivity index (χ0v) is 17.3. The number of amides is 1. The minimum Gasteiger partial charge on any atom is -0.497 e. The third kappa shape index (κ3) is 4.13. The minimum absolute atomic E-state index is 0.197. The number of aromatic nitrogens is 1. The van der Waals surface area contributed by atoms with E-state index in [1.165, 1.54) is 11.3 Å². The molecule has 1 aliphatic rings. The maximum absolute atomic E-state index is 12.7. The first-order valence-electron chi connectivity index (χ1n) is 9.41. The van der Waals surface area contributed by atoms with Crippen molar-refractivity contribution in [1.82, 2.24) is 10.3 Å². The summed E-state index contributed by atoms with van der Waals surface area (Å²) in [7, 11) is 3.25. The van der Waals surface area contributed by atoms with E-state index in [1.54, 1.807) is 14.2 Å². The summed E-state index contributed by atoms with van der Waals surface area (Å²) in [5.74, 6) is 1.26. The number of rotatable bonds is 6. The summed E-state index contributed by atoms with van der Waals surface area (Å²) in [5, 5.41) is 3.37. The predicted octanol–water partition coefficient (Wildman–Crippen LogP) is 3.08. The van der Waals surface area contributed by atoms with Gasteiger partial charge in [-0.25, -0.2) is 4.98 Å². The van der Waals surface area contributed by atoms with Crippen molar-refractivity contribution in [2.45, 2.75) is 6.54 Å². The Kier molecular flexibility index (Phi) is 5.82. The number of anilines is 1. The summed E-state index contributed by atoms with van der Waals surface area (Å²) in [6, 6.07) is 11.5. The molecule has 0 unspecified atom stereocenters. The van der Waals surface area contributed by atoms with Gasteiger partial charge < -0.3 is 24.4 Å². The molecule has 8 heteroatoms. The molecule has 152 valence electrons. The standard InChI is InChI=1S/C21H23N3O4S/c1-26-15-5-3-14(4-6-15)13-22-20(25)21-23-18-17(27-2)8-7-16(19(18)29-21)24-9-11-28-12-10-24/h3-8H,9-13H2,1-2H3,(H,22,25). The predicted molar refractivity (Wildman–Crippen MR) is 113 cm³/mol. The molecule has 0 radical (unpaired) electrons. The van der Waals surface area contributed by atoms with Gasteiger partial charge in [-0.2, -0.15) is 0 Å². The number of methoxy groups -OCH3 is 2. The molecule has 29 heavy (non-hydrogen) atoms. The molecule has 7 nitrogen and oxygen atoms in total. The van der Waals surface area contributed by atoms with Crippen molar-refractivity contribution in [3.63, 3.8) is 0 Å². The number of nitrogens with one attached hydrogen (secondary N) is 1. The van der Waals surface area contributed by atoms with E-state index in [1.807, 2.05) is 36.4 Å². The highest BCUT2D eigenvalue weighted by molar-refractivity contribution is 7.21. The third-order valence-corrected chi connectivity index (χ3v) is 5.94. The summed E-state index contributed by atoms with van der Waals surface area (Å²) < 4.78 is 17.1. The molecule has 1 amide bonds. The highest BCUT2D eigenvalue weighted by atomic mass is 32.1. The first kappa shape index (κ1) is 19.5. The third-order valence-electron chi connectivity index (χ3n) is 4.86. The molecule has 0 saturated carbocycles. The summed E-state index contributed by atoms with van der Waals surface area (Å²) in [6.07, 6.45) is 0. The van der Waals surface area contributed by atoms with Crippen LogP contribution in [0, 0.1) is 0 Å². The van der Waals surface area contributed by atoms with E-state index in [2.05, 4.69) is 15.2 Å². The number of hydrogen-bond donors (Lipinski definition) is 1. The molecule has 1 saturated heterocycles. The molecule has 0 bridgehead atoms. The Morgan fingerprint density at radius 2 is 1.90 bits per heavy atom. The number of nitrogens with zero attached hydrogens (tertiary/aromatic N) is 2. The lowest BCUT2D eigenvalue weighted by Crippen LogP contribution is -2.36. The fourth-order valence-corrected chi connectivity index (χ4v) is 4.33. The molecule has 1 aromatic heterocycles. The average molecular weight is 413 g/mol. The van der Waals surface area contributed by atoms with Crippen LogP contribution in [0.3, 0.4) is 0 Å². The van der Waals surface area contributed by atoms with E-state index in [-0.39, 0.29) is 5.91 Å². The lowest BCUT2D eigenvalue weighted by Gasteiger charge is -2.29. The van der Waals surface area contributed by atoms with Gasteiger partial charge in [-0.15, -0.1) is 11.3 Å². The average Bonchev–Trinajstić information content (AvgIpc) is 3.23. The lowest BCUT2D eigenvalue weighted by molar-refractivity contribution is 0.0950. The van der Waals surface area contributed by atoms with E-state index >= 15 is 0 Å². The Morgan fingerprint density at radius 1 is 1.14 bits per heavy atom. The van der Waals surface area contributed by atoms with Gasteiger partial charge in [0.1, 0.15) is 17.0 Å². The molecule has 4 rings (SSSR count). The molecule has 1 aliphatic heterocycles. The fraction of sp³-hybridized carbons (Fsp3) is 0.333. The Balaban J connectivity index is 1.57. The van der Waals surface area contributed by atoms with Gasteiger partial charge in [-0.1, -0.05) is 12.1 Å². The van der Waals surface area contributed by atoms with Crippen LogP contribution < -0.4 is 19.7 Å². The van der Waals surface area contributed by atoms with Crippen LogP contribution in [0.4, 0.5) is 5.69 Å². The van der Waals surface area contributed by atoms with Crippen molar-refractivity contribution in [2.24, 2.45) is 0 Å². The van der Waals surface area contributed by atoms with Gasteiger partial charge in [0.25, 0.3) is 5.91 Å². The number of carbonyl (C=O) groups is 1. The zero-order valence-electron chi connectivity index (χ0n) is 16.4. The molecule has 2 heterocycles. The summed E-state index contributed by atoms with van der Waals surface area (Å²) in [5.41, 5.74) is 2.78. The molecule has 1 N–H and O–H groups in total. The maximum atomic E-state index is 12.7. The molecule has 0 spiro atoms. The molecule has 2 aromatic carbocycles. The molecular weight excluding hydrogens is 390 g/mol. The van der Waals surface area contributed by atoms with Crippen LogP contribution in [0.2, 0.25) is 0 Å². The maximum Gasteiger partial charge on any atom is 0.280 e. The van der Waals surface area contributed by atoms with E-state index in [9.17, 15) is 4.79 Å². The Morgan fingerprint density at radius 3 is 2.59 bits per heavy atom. The Labute approximate surface area is 173 Å². The van der Waals surface area contributed by atoms with Crippen molar-refractivity contribution in [3.8, 4) is 11.5 Å². The molecule has 1 fully saturated rings. The molecule has 3 aromatic rings. The minimum atomic E-state index is -0.197. The van der Waals surface area contributed by atoms with Crippen LogP contribution >= 0.6 is 11.3 Å². The van der Waals surface area contributed by atoms with E-state index in [4.69, 9.17) is 14.2 Å². The topological polar surface area (TPSA) is 72.9 Å². The first-order valence-corrected chi connectivity index (χ1v) is 10.2. The number of fused-ring (bicyclic) bond motifs is 1. The summed E-state index contributed by atoms with van der Waals surface area (Å²) >= 11 is 1.39. The smallest absolute Gasteiger partial charge is 0.280 e. The highest BCUT2D eigenvalue weighted by Gasteiger charge is 2.21. The van der Waals surface area contributed by atoms with Crippen molar-refractivity contribution < 1.29 is 19.0 Å². The number of thiazole rings is 1. The number of hydrogen-bond acceptors (Lipinski definition) is 7. The van der Waals surface area contributed by atoms with Crippen LogP contribution in [-0.2, 0) is 11.3 Å². The van der Waals surface area contributed by atoms with Crippen LogP contribution in [0.15, 0.2) is 36.4 Å². The first-order chi connectivity index (χ1) is 14.2. The monoisotopic (exact) mass is 413 g/mol. The second-order valence-corrected chi connectivity index (χ2v) is 7.61. The van der Waals surface area contributed by atoms with Crippen LogP contribution in [-0.4, -0.2) is 51.4 Å². The van der Waals surface area contributed by atoms with E-state index in [0.717, 1.165) is 40.3 Å². The van der Waals surface area contributed by atoms with Crippen LogP contribution in [0.5, 0.6) is 11.5 Å². The SMILES string of the molecule is COc1ccc(CNC(=O)c2nc3c(OC)ccc(N4CCOCC4)c3s2)cc1. The number of carbonyl (C=O) groups excluding carboxylic acids is 1. The van der Waals surface area contributed by atoms with Crippen molar-refractivity contribution in [1.29, 1.82) is 0 Å². The van der Waals surface area contributed by atoms with Gasteiger partial charge >= 0.3 is 0 Å². The Bertz CT molecular complexity index is 997. The van der Waals surface area contributed by atoms with Crippen molar-refractivity contribution in [2.75, 3.05) is 45.4 Å². The largest absolute Gasteiger partial charge is 0.497 e. The van der Waals surface area contributed by atoms with Gasteiger partial charge in [-0.05, 0) is 29.8 Å². The number of morpholine rings is 1. The summed E-state index contributed by atoms with van der Waals surface area (Å²) in [6.45, 7) is 3.45. The molecule has 0 atom stereocenters. The Hall–Kier alpha value is -2.84. The quantitative estimate of drug-likeness (QED) is 0.670. The van der Waals surface area contributed by atoms with Gasteiger partial charge in [0.2, 0.25) is 0 Å². The fourth-order valence-electron chi connectivity index (χ4n) is 3.29. The van der Waals surface area contributed by atoms with E-state index < -0.39 is 0 Å². The molecule has 0 aliphatic carbocycles. The van der Waals surface area contributed by atoms with Gasteiger partial charge in [-0.3, -0.25) is 4.79 Å². The normalized spacial score (nSPS) is 14.1. The zero-order chi connectivity index (χ0) is 20.2. The number of benzene rings is 2. The van der Waals surface area contributed by atoms with Crippen LogP contribution in [0.25, 0.3) is 10.2 Å². The lowest BCUT2D eigenvalue weighted by atomic mass is 10.2.